The van der Waals surface area contributed by atoms with Crippen LogP contribution in [-0.4, -0.2) is 457 Å². The van der Waals surface area contributed by atoms with Crippen LogP contribution in [0.5, 0.6) is 0 Å². The first kappa shape index (κ1) is 136. The van der Waals surface area contributed by atoms with E-state index in [1.165, 1.54) is 91.1 Å². The summed E-state index contributed by atoms with van der Waals surface area (Å²) in [6.07, 6.45) is -21.8. The van der Waals surface area contributed by atoms with Crippen LogP contribution in [0.2, 0.25) is 0 Å². The van der Waals surface area contributed by atoms with E-state index in [9.17, 15) is 76.7 Å². The first-order valence-electron chi connectivity index (χ1n) is 40.9. The highest BCUT2D eigenvalue weighted by atomic mass is 16.8. The van der Waals surface area contributed by atoms with Crippen LogP contribution in [0.4, 0.5) is 76.7 Å². The summed E-state index contributed by atoms with van der Waals surface area (Å²) < 4.78 is 177. The lowest BCUT2D eigenvalue weighted by atomic mass is 10.4. The van der Waals surface area contributed by atoms with Gasteiger partial charge in [0, 0.05) is 42.7 Å². The minimum absolute atomic E-state index is 0.0156. The van der Waals surface area contributed by atoms with Crippen LogP contribution in [0.1, 0.15) is 76.2 Å². The minimum Gasteiger partial charge on any atom is -0.432 e. The molecule has 0 aliphatic heterocycles. The van der Waals surface area contributed by atoms with Gasteiger partial charge in [0.15, 0.2) is 0 Å². The Morgan fingerprint density at radius 1 is 0.161 bits per heavy atom. The SMILES string of the molecule is COC(C)COC(=O)OC(C)COC(=O)OCC(C)O.COC(C)COC(=O)OCCOC(=O)OC(C)COC(=O)OCCOC(=O)OCC(C)O.COC(C)COC(=O)OCCOC(=O)OCC(C)O.COC(C)COC(=O)OCCOC(=O)OCCOC(=O)OCCOC(=O)OCC(C)O.COCCOC(=O)OC(C)COC(=O)OCCO.COCCOC(=O)OCCOC(=O)OCCO. The average Bonchev–Trinajstić information content (AvgIpc) is 0.973. The molecule has 0 radical (unpaired) electrons. The maximum absolute atomic E-state index is 11.5. The summed E-state index contributed by atoms with van der Waals surface area (Å²) >= 11 is 0. The molecule has 60 nitrogen and oxygen atoms in total. The number of aliphatic hydroxyl groups excluding tert-OH is 6. The van der Waals surface area contributed by atoms with Gasteiger partial charge >= 0.3 is 98.5 Å². The smallest absolute Gasteiger partial charge is 0.432 e. The number of carbonyl (C=O) groups is 16. The van der Waals surface area contributed by atoms with Crippen LogP contribution in [0, 0.1) is 0 Å². The van der Waals surface area contributed by atoms with Crippen LogP contribution >= 0.6 is 0 Å². The van der Waals surface area contributed by atoms with Gasteiger partial charge < -0.3 is 211 Å². The molecule has 0 spiro atoms. The number of rotatable bonds is 60. The lowest BCUT2D eigenvalue weighted by Gasteiger charge is -2.15. The van der Waals surface area contributed by atoms with Gasteiger partial charge in [0.05, 0.1) is 75.3 Å². The van der Waals surface area contributed by atoms with Crippen LogP contribution in [0.25, 0.3) is 0 Å². The van der Waals surface area contributed by atoms with Crippen LogP contribution in [0.3, 0.4) is 0 Å². The average molecular weight is 2020 g/mol. The van der Waals surface area contributed by atoms with E-state index in [2.05, 4.69) is 128 Å². The van der Waals surface area contributed by atoms with E-state index in [1.807, 2.05) is 0 Å². The van der Waals surface area contributed by atoms with E-state index >= 15 is 0 Å². The van der Waals surface area contributed by atoms with Gasteiger partial charge in [-0.05, 0) is 76.2 Å². The van der Waals surface area contributed by atoms with Crippen molar-refractivity contribution in [3.05, 3.63) is 0 Å². The van der Waals surface area contributed by atoms with E-state index in [1.54, 1.807) is 27.7 Å². The second kappa shape index (κ2) is 95.6. The molecule has 11 unspecified atom stereocenters. The molecule has 0 saturated carbocycles. The molecule has 0 amide bonds. The molecule has 6 N–H and O–H groups in total. The Hall–Kier alpha value is -12.2. The van der Waals surface area contributed by atoms with Gasteiger partial charge in [0.25, 0.3) is 0 Å². The second-order valence-corrected chi connectivity index (χ2v) is 25.5. The number of methoxy groups -OCH3 is 6. The minimum atomic E-state index is -1.08. The second-order valence-electron chi connectivity index (χ2n) is 25.5. The number of carbonyl (C=O) groups excluding carboxylic acids is 16. The van der Waals surface area contributed by atoms with Crippen molar-refractivity contribution in [3.63, 3.8) is 0 Å². The van der Waals surface area contributed by atoms with Gasteiger partial charge in [0.1, 0.15) is 210 Å². The first-order chi connectivity index (χ1) is 65.0. The third-order valence-corrected chi connectivity index (χ3v) is 12.6. The molecule has 0 aromatic heterocycles. The van der Waals surface area contributed by atoms with Crippen molar-refractivity contribution in [2.24, 2.45) is 0 Å². The molecule has 0 heterocycles. The van der Waals surface area contributed by atoms with Gasteiger partial charge in [-0.3, -0.25) is 0 Å². The van der Waals surface area contributed by atoms with Crippen LogP contribution in [-0.2, 0) is 180 Å². The Kier molecular flexibility index (Phi) is 94.6. The van der Waals surface area contributed by atoms with Gasteiger partial charge in [0.2, 0.25) is 0 Å². The summed E-state index contributed by atoms with van der Waals surface area (Å²) in [4.78, 5) is 178. The molecule has 0 aromatic carbocycles. The van der Waals surface area contributed by atoms with Crippen LogP contribution in [0.15, 0.2) is 0 Å². The summed E-state index contributed by atoms with van der Waals surface area (Å²) in [5.41, 5.74) is 0. The Balaban J connectivity index is -0.000000383. The first-order valence-corrected chi connectivity index (χ1v) is 40.9. The van der Waals surface area contributed by atoms with Crippen molar-refractivity contribution in [1.82, 2.24) is 0 Å². The lowest BCUT2D eigenvalue weighted by molar-refractivity contribution is -0.0296. The topological polar surface area (TPSA) is 745 Å². The number of ether oxygens (including phenoxy) is 38. The molecule has 0 aromatic rings. The zero-order valence-electron chi connectivity index (χ0n) is 79.4. The molecule has 0 bridgehead atoms. The largest absolute Gasteiger partial charge is 0.508 e. The molecule has 11 atom stereocenters. The van der Waals surface area contributed by atoms with Gasteiger partial charge in [-0.1, -0.05) is 0 Å². The van der Waals surface area contributed by atoms with Gasteiger partial charge in [-0.15, -0.1) is 0 Å². The summed E-state index contributed by atoms with van der Waals surface area (Å²) in [6, 6.07) is 0. The van der Waals surface area contributed by atoms with E-state index in [0.717, 1.165) is 0 Å². The number of hydrogen-bond donors (Lipinski definition) is 6. The maximum atomic E-state index is 11.5. The molecule has 0 fully saturated rings. The van der Waals surface area contributed by atoms with Crippen molar-refractivity contribution >= 4 is 98.5 Å². The summed E-state index contributed by atoms with van der Waals surface area (Å²) in [5, 5.41) is 52.3. The molecule has 60 heteroatoms. The van der Waals surface area contributed by atoms with Crippen molar-refractivity contribution in [1.29, 1.82) is 0 Å². The number of aliphatic hydroxyl groups is 6. The number of hydrogen-bond acceptors (Lipinski definition) is 60. The molecule has 0 aliphatic carbocycles. The highest BCUT2D eigenvalue weighted by Crippen LogP contribution is 2.06. The highest BCUT2D eigenvalue weighted by molar-refractivity contribution is 5.65. The Labute approximate surface area is 787 Å². The van der Waals surface area contributed by atoms with Crippen molar-refractivity contribution in [2.75, 3.05) is 261 Å². The zero-order chi connectivity index (χ0) is 105. The Bertz CT molecular complexity index is 3120. The predicted molar refractivity (Wildman–Crippen MR) is 441 cm³/mol. The van der Waals surface area contributed by atoms with E-state index < -0.39 is 141 Å². The molecule has 0 aliphatic rings. The molecule has 137 heavy (non-hydrogen) atoms. The van der Waals surface area contributed by atoms with Gasteiger partial charge in [-0.25, -0.2) is 76.7 Å². The Morgan fingerprint density at radius 2 is 0.277 bits per heavy atom. The summed E-state index contributed by atoms with van der Waals surface area (Å²) in [5.74, 6) is 0. The molecule has 802 valence electrons. The van der Waals surface area contributed by atoms with Crippen LogP contribution < -0.4 is 0 Å². The summed E-state index contributed by atoms with van der Waals surface area (Å²) in [6.45, 7) is 12.3. The molecule has 0 rings (SSSR count). The molecule has 0 saturated heterocycles. The van der Waals surface area contributed by atoms with E-state index in [4.69, 9.17) is 82.7 Å². The maximum Gasteiger partial charge on any atom is 0.508 e. The fraction of sp³-hybridized carbons (Fsp3) is 0.792. The van der Waals surface area contributed by atoms with Gasteiger partial charge in [-0.2, -0.15) is 0 Å². The zero-order valence-corrected chi connectivity index (χ0v) is 79.4. The van der Waals surface area contributed by atoms with Crippen molar-refractivity contribution in [3.8, 4) is 0 Å². The third-order valence-electron chi connectivity index (χ3n) is 12.6. The lowest BCUT2D eigenvalue weighted by Crippen LogP contribution is -2.26. The fourth-order valence-corrected chi connectivity index (χ4v) is 5.99. The third kappa shape index (κ3) is 109. The fourth-order valence-electron chi connectivity index (χ4n) is 5.99. The highest BCUT2D eigenvalue weighted by Gasteiger charge is 2.21. The van der Waals surface area contributed by atoms with Crippen molar-refractivity contribution < 1.29 is 287 Å². The Morgan fingerprint density at radius 3 is 0.431 bits per heavy atom. The normalized spacial score (nSPS) is 12.5. The quantitative estimate of drug-likeness (QED) is 0.0278. The summed E-state index contributed by atoms with van der Waals surface area (Å²) in [7, 11) is 8.86. The molecular formula is C77H134O60. The van der Waals surface area contributed by atoms with E-state index in [-0.39, 0.29) is 242 Å². The van der Waals surface area contributed by atoms with Crippen molar-refractivity contribution in [2.45, 2.75) is 143 Å². The van der Waals surface area contributed by atoms with E-state index in [0.29, 0.717) is 0 Å². The monoisotopic (exact) mass is 2020 g/mol. The standard InChI is InChI=1S/C18H30O14.C17H28O14.C12H22O8.C11H20O8.C10H18O8.C9H16O8/c1-12(19)9-29-15(20)25-5-6-26-17(22)31-11-14(3)32-18(23)28-8-7-27-16(21)30-10-13(2)24-4;1-12(18)10-30-16(21)28-8-6-26-14(19)24-4-5-25-15(20)27-7-9-29-17(22)31-11-13(2)23-3;1-8(13)5-17-11(14)18-7-10(3)20-12(15)19-6-9(2)16-4;1-8(12)6-18-10(13)16-4-5-17-11(14)19-7-9(2)15-3;1-8(7-17-9(12)15-4-3-11)18-10(13)16-6-5-14-2;1-13-4-5-15-9(12)17-7-6-16-8(11)14-3-2-10/h12-14,19H,5-11H2,1-4H3;12-13,18H,4-11H2,1-3H3;8-10,13H,5-7H2,1-4H3;8-9,12H,4-7H2,1-3H3;8,11H,3-7H2,1-2H3;10H,2-7H2,1H3. The predicted octanol–water partition coefficient (Wildman–Crippen LogP) is 4.48. The molecular weight excluding hydrogens is 1880 g/mol.